The van der Waals surface area contributed by atoms with E-state index in [2.05, 4.69) is 22.2 Å². The van der Waals surface area contributed by atoms with Crippen molar-refractivity contribution >= 4 is 35.1 Å². The SMILES string of the molecule is C=C1N[C@H]2[C@H](CO)N=C(N)N3C[C@H](OC(=O)c4cc(Cl)cc(Cl)c4)C(O)(O)[C@]23N1. The minimum absolute atomic E-state index is 0.0406. The maximum Gasteiger partial charge on any atom is 0.338 e. The molecule has 1 spiro atoms. The van der Waals surface area contributed by atoms with Gasteiger partial charge in [-0.15, -0.1) is 0 Å². The van der Waals surface area contributed by atoms with Crippen LogP contribution in [-0.2, 0) is 4.74 Å². The van der Waals surface area contributed by atoms with Gasteiger partial charge < -0.3 is 41.3 Å². The molecule has 3 aliphatic rings. The second kappa shape index (κ2) is 6.64. The lowest BCUT2D eigenvalue weighted by atomic mass is 9.86. The average molecular weight is 444 g/mol. The lowest BCUT2D eigenvalue weighted by molar-refractivity contribution is -0.257. The number of carbonyl (C=O) groups excluding carboxylic acids is 1. The van der Waals surface area contributed by atoms with Crippen LogP contribution >= 0.6 is 23.2 Å². The van der Waals surface area contributed by atoms with E-state index in [0.29, 0.717) is 0 Å². The Morgan fingerprint density at radius 1 is 1.38 bits per heavy atom. The van der Waals surface area contributed by atoms with E-state index in [1.54, 1.807) is 0 Å². The number of halogens is 2. The maximum atomic E-state index is 12.6. The summed E-state index contributed by atoms with van der Waals surface area (Å²) in [5.74, 6) is -3.22. The molecule has 2 fully saturated rings. The van der Waals surface area contributed by atoms with Gasteiger partial charge in [-0.25, -0.2) is 9.79 Å². The first kappa shape index (κ1) is 20.0. The van der Waals surface area contributed by atoms with Gasteiger partial charge in [-0.2, -0.15) is 0 Å². The highest BCUT2D eigenvalue weighted by Gasteiger charge is 2.74. The highest BCUT2D eigenvalue weighted by Crippen LogP contribution is 2.45. The molecular weight excluding hydrogens is 425 g/mol. The van der Waals surface area contributed by atoms with Gasteiger partial charge in [0.05, 0.1) is 30.6 Å². The number of guanidine groups is 1. The smallest absolute Gasteiger partial charge is 0.338 e. The topological polar surface area (TPSA) is 153 Å². The number of nitrogens with two attached hydrogens (primary N) is 1. The molecule has 12 heteroatoms. The average Bonchev–Trinajstić information content (AvgIpc) is 3.09. The van der Waals surface area contributed by atoms with Crippen molar-refractivity contribution in [1.82, 2.24) is 15.5 Å². The van der Waals surface area contributed by atoms with Gasteiger partial charge in [0, 0.05) is 10.0 Å². The number of nitrogens with zero attached hydrogens (tertiary/aromatic N) is 2. The molecule has 2 saturated heterocycles. The summed E-state index contributed by atoms with van der Waals surface area (Å²) < 4.78 is 5.40. The first-order valence-corrected chi connectivity index (χ1v) is 9.43. The molecule has 156 valence electrons. The van der Waals surface area contributed by atoms with E-state index in [-0.39, 0.29) is 33.9 Å². The van der Waals surface area contributed by atoms with Crippen molar-refractivity contribution in [2.24, 2.45) is 10.7 Å². The second-order valence-electron chi connectivity index (χ2n) is 7.12. The van der Waals surface area contributed by atoms with Crippen LogP contribution in [-0.4, -0.2) is 74.9 Å². The van der Waals surface area contributed by atoms with Gasteiger partial charge >= 0.3 is 5.97 Å². The Hall–Kier alpha value is -2.24. The number of hydrogen-bond donors (Lipinski definition) is 6. The van der Waals surface area contributed by atoms with Crippen molar-refractivity contribution < 1.29 is 24.9 Å². The fourth-order valence-electron chi connectivity index (χ4n) is 4.17. The number of esters is 1. The number of nitrogens with one attached hydrogen (secondary N) is 2. The lowest BCUT2D eigenvalue weighted by Gasteiger charge is -2.48. The molecule has 0 unspecified atom stereocenters. The number of ether oxygens (including phenoxy) is 1. The zero-order valence-corrected chi connectivity index (χ0v) is 16.5. The number of aliphatic hydroxyl groups excluding tert-OH is 1. The first-order chi connectivity index (χ1) is 13.6. The fraction of sp³-hybridized carbons (Fsp3) is 0.412. The quantitative estimate of drug-likeness (QED) is 0.253. The van der Waals surface area contributed by atoms with Crippen LogP contribution in [0.1, 0.15) is 10.4 Å². The third-order valence-corrected chi connectivity index (χ3v) is 5.84. The van der Waals surface area contributed by atoms with Crippen molar-refractivity contribution in [3.05, 3.63) is 46.2 Å². The minimum Gasteiger partial charge on any atom is -0.451 e. The van der Waals surface area contributed by atoms with E-state index >= 15 is 0 Å². The van der Waals surface area contributed by atoms with Crippen LogP contribution < -0.4 is 16.4 Å². The summed E-state index contributed by atoms with van der Waals surface area (Å²) in [6.45, 7) is 3.20. The number of carbonyl (C=O) groups is 1. The van der Waals surface area contributed by atoms with Crippen molar-refractivity contribution in [2.45, 2.75) is 29.6 Å². The molecule has 0 bridgehead atoms. The number of benzene rings is 1. The van der Waals surface area contributed by atoms with Crippen LogP contribution in [0.25, 0.3) is 0 Å². The molecule has 0 saturated carbocycles. The van der Waals surface area contributed by atoms with Crippen molar-refractivity contribution in [2.75, 3.05) is 13.2 Å². The number of aliphatic hydroxyl groups is 3. The zero-order chi connectivity index (χ0) is 21.1. The van der Waals surface area contributed by atoms with E-state index in [0.717, 1.165) is 0 Å². The predicted molar refractivity (Wildman–Crippen MR) is 104 cm³/mol. The standard InChI is InChI=1S/C17H19Cl2N5O5/c1-7-21-13-11(6-25)22-15(20)24-5-12(17(27,28)16(13,24)23-7)29-14(26)8-2-9(18)4-10(19)3-8/h2-4,11-13,21,23,25,27-28H,1,5-6H2,(H2,20,22)/t11-,12-,13-,16-/m0/s1. The third-order valence-electron chi connectivity index (χ3n) is 5.40. The zero-order valence-electron chi connectivity index (χ0n) is 15.0. The van der Waals surface area contributed by atoms with Crippen LogP contribution in [0.4, 0.5) is 0 Å². The Bertz CT molecular complexity index is 905. The number of rotatable bonds is 3. The lowest BCUT2D eigenvalue weighted by Crippen LogP contribution is -2.77. The molecule has 10 nitrogen and oxygen atoms in total. The van der Waals surface area contributed by atoms with Crippen LogP contribution in [0.2, 0.25) is 10.0 Å². The van der Waals surface area contributed by atoms with Crippen LogP contribution in [0, 0.1) is 0 Å². The Balaban J connectivity index is 1.69. The van der Waals surface area contributed by atoms with Crippen molar-refractivity contribution in [3.8, 4) is 0 Å². The van der Waals surface area contributed by atoms with E-state index in [1.165, 1.54) is 23.1 Å². The normalized spacial score (nSPS) is 32.0. The summed E-state index contributed by atoms with van der Waals surface area (Å²) in [4.78, 5) is 18.2. The van der Waals surface area contributed by atoms with E-state index in [4.69, 9.17) is 33.7 Å². The van der Waals surface area contributed by atoms with Gasteiger partial charge in [0.1, 0.15) is 6.04 Å². The van der Waals surface area contributed by atoms with Gasteiger partial charge in [0.15, 0.2) is 17.7 Å². The fourth-order valence-corrected chi connectivity index (χ4v) is 4.70. The highest BCUT2D eigenvalue weighted by atomic mass is 35.5. The van der Waals surface area contributed by atoms with Crippen molar-refractivity contribution in [3.63, 3.8) is 0 Å². The second-order valence-corrected chi connectivity index (χ2v) is 7.99. The maximum absolute atomic E-state index is 12.6. The summed E-state index contributed by atoms with van der Waals surface area (Å²) in [7, 11) is 0. The number of hydrogen-bond acceptors (Lipinski definition) is 10. The summed E-state index contributed by atoms with van der Waals surface area (Å²) in [5, 5.41) is 38.2. The highest BCUT2D eigenvalue weighted by molar-refractivity contribution is 6.35. The number of aliphatic imine (C=N–C) groups is 1. The Kier molecular flexibility index (Phi) is 4.59. The Labute approximate surface area is 175 Å². The predicted octanol–water partition coefficient (Wildman–Crippen LogP) is -1.07. The molecule has 1 aromatic carbocycles. The van der Waals surface area contributed by atoms with Crippen molar-refractivity contribution in [1.29, 1.82) is 0 Å². The molecule has 4 atom stereocenters. The summed E-state index contributed by atoms with van der Waals surface area (Å²) in [5.41, 5.74) is 4.41. The Morgan fingerprint density at radius 3 is 2.66 bits per heavy atom. The van der Waals surface area contributed by atoms with Gasteiger partial charge in [-0.05, 0) is 18.2 Å². The third kappa shape index (κ3) is 2.82. The molecule has 4 rings (SSSR count). The monoisotopic (exact) mass is 443 g/mol. The van der Waals surface area contributed by atoms with Crippen LogP contribution in [0.3, 0.4) is 0 Å². The van der Waals surface area contributed by atoms with Crippen LogP contribution in [0.15, 0.2) is 35.6 Å². The first-order valence-electron chi connectivity index (χ1n) is 8.67. The van der Waals surface area contributed by atoms with E-state index in [9.17, 15) is 20.1 Å². The summed E-state index contributed by atoms with van der Waals surface area (Å²) in [6, 6.07) is 2.58. The molecule has 1 aromatic rings. The molecular formula is C17H19Cl2N5O5. The summed E-state index contributed by atoms with van der Waals surface area (Å²) in [6.07, 6.45) is -1.42. The molecule has 3 heterocycles. The van der Waals surface area contributed by atoms with Crippen LogP contribution in [0.5, 0.6) is 0 Å². The molecule has 0 aromatic heterocycles. The van der Waals surface area contributed by atoms with E-state index < -0.39 is 42.2 Å². The van der Waals surface area contributed by atoms with Gasteiger partial charge in [-0.1, -0.05) is 29.8 Å². The molecule has 0 amide bonds. The Morgan fingerprint density at radius 2 is 2.03 bits per heavy atom. The molecule has 3 aliphatic heterocycles. The molecule has 0 radical (unpaired) electrons. The van der Waals surface area contributed by atoms with Gasteiger partial charge in [-0.3, -0.25) is 0 Å². The largest absolute Gasteiger partial charge is 0.451 e. The van der Waals surface area contributed by atoms with Gasteiger partial charge in [0.25, 0.3) is 0 Å². The molecule has 29 heavy (non-hydrogen) atoms. The van der Waals surface area contributed by atoms with Gasteiger partial charge in [0.2, 0.25) is 5.79 Å². The molecule has 0 aliphatic carbocycles. The minimum atomic E-state index is -2.61. The molecule has 7 N–H and O–H groups in total. The van der Waals surface area contributed by atoms with E-state index in [1.807, 2.05) is 0 Å². The summed E-state index contributed by atoms with van der Waals surface area (Å²) >= 11 is 11.8.